The average molecular weight is 318 g/mol. The van der Waals surface area contributed by atoms with Crippen molar-refractivity contribution < 1.29 is 13.2 Å². The molecule has 7 nitrogen and oxygen atoms in total. The monoisotopic (exact) mass is 318 g/mol. The summed E-state index contributed by atoms with van der Waals surface area (Å²) in [6.07, 6.45) is 0.764. The van der Waals surface area contributed by atoms with Gasteiger partial charge >= 0.3 is 0 Å². The van der Waals surface area contributed by atoms with Gasteiger partial charge in [0.05, 0.1) is 11.4 Å². The third-order valence-corrected chi connectivity index (χ3v) is 4.91. The smallest absolute Gasteiger partial charge is 0.244 e. The second-order valence-corrected chi connectivity index (χ2v) is 6.98. The molecule has 0 bridgehead atoms. The van der Waals surface area contributed by atoms with Crippen LogP contribution in [0, 0.1) is 19.8 Å². The van der Waals surface area contributed by atoms with Crippen LogP contribution in [0.15, 0.2) is 4.90 Å². The van der Waals surface area contributed by atoms with Crippen molar-refractivity contribution in [2.24, 2.45) is 11.7 Å². The number of ether oxygens (including phenoxy) is 1. The number of hydrogen-bond donors (Lipinski definition) is 2. The van der Waals surface area contributed by atoms with E-state index in [1.165, 1.54) is 0 Å². The van der Waals surface area contributed by atoms with Gasteiger partial charge in [0, 0.05) is 26.8 Å². The zero-order valence-electron chi connectivity index (χ0n) is 13.2. The van der Waals surface area contributed by atoms with Crippen LogP contribution in [0.3, 0.4) is 0 Å². The first kappa shape index (κ1) is 18.1. The van der Waals surface area contributed by atoms with Gasteiger partial charge in [-0.3, -0.25) is 4.68 Å². The Morgan fingerprint density at radius 1 is 1.43 bits per heavy atom. The third kappa shape index (κ3) is 4.77. The maximum absolute atomic E-state index is 12.4. The van der Waals surface area contributed by atoms with Crippen molar-refractivity contribution in [1.29, 1.82) is 0 Å². The van der Waals surface area contributed by atoms with E-state index in [0.29, 0.717) is 37.6 Å². The van der Waals surface area contributed by atoms with Crippen molar-refractivity contribution >= 4 is 10.0 Å². The number of aromatic nitrogens is 2. The second-order valence-electron chi connectivity index (χ2n) is 5.28. The van der Waals surface area contributed by atoms with Crippen molar-refractivity contribution in [3.8, 4) is 0 Å². The third-order valence-electron chi connectivity index (χ3n) is 3.23. The van der Waals surface area contributed by atoms with Crippen LogP contribution < -0.4 is 10.5 Å². The van der Waals surface area contributed by atoms with Crippen molar-refractivity contribution in [1.82, 2.24) is 14.5 Å². The van der Waals surface area contributed by atoms with E-state index in [-0.39, 0.29) is 10.8 Å². The van der Waals surface area contributed by atoms with Gasteiger partial charge in [-0.05, 0) is 32.7 Å². The molecule has 0 aliphatic rings. The molecule has 1 rings (SSSR count). The molecule has 1 aromatic heterocycles. The van der Waals surface area contributed by atoms with Crippen LogP contribution in [-0.2, 0) is 21.3 Å². The van der Waals surface area contributed by atoms with Gasteiger partial charge in [-0.25, -0.2) is 13.1 Å². The van der Waals surface area contributed by atoms with E-state index >= 15 is 0 Å². The van der Waals surface area contributed by atoms with E-state index in [9.17, 15) is 8.42 Å². The van der Waals surface area contributed by atoms with Crippen LogP contribution >= 0.6 is 0 Å². The van der Waals surface area contributed by atoms with Crippen molar-refractivity contribution in [2.45, 2.75) is 38.6 Å². The van der Waals surface area contributed by atoms with E-state index in [2.05, 4.69) is 9.82 Å². The van der Waals surface area contributed by atoms with Gasteiger partial charge in [0.1, 0.15) is 4.90 Å². The molecule has 1 atom stereocenters. The molecule has 3 N–H and O–H groups in total. The van der Waals surface area contributed by atoms with Crippen molar-refractivity contribution in [2.75, 3.05) is 26.8 Å². The van der Waals surface area contributed by atoms with Gasteiger partial charge in [0.15, 0.2) is 0 Å². The van der Waals surface area contributed by atoms with Gasteiger partial charge in [-0.15, -0.1) is 0 Å². The number of sulfonamides is 1. The normalized spacial score (nSPS) is 13.6. The summed E-state index contributed by atoms with van der Waals surface area (Å²) in [5.41, 5.74) is 6.64. The van der Waals surface area contributed by atoms with Crippen molar-refractivity contribution in [3.63, 3.8) is 0 Å². The maximum atomic E-state index is 12.4. The van der Waals surface area contributed by atoms with E-state index in [1.807, 2.05) is 6.92 Å². The van der Waals surface area contributed by atoms with E-state index in [1.54, 1.807) is 25.6 Å². The van der Waals surface area contributed by atoms with Gasteiger partial charge < -0.3 is 10.5 Å². The number of nitrogens with two attached hydrogens (primary N) is 1. The van der Waals surface area contributed by atoms with E-state index in [0.717, 1.165) is 6.42 Å². The van der Waals surface area contributed by atoms with Crippen molar-refractivity contribution in [3.05, 3.63) is 11.4 Å². The highest BCUT2D eigenvalue weighted by molar-refractivity contribution is 7.89. The predicted octanol–water partition coefficient (Wildman–Crippen LogP) is 0.410. The number of hydrogen-bond acceptors (Lipinski definition) is 5. The minimum Gasteiger partial charge on any atom is -0.384 e. The standard InChI is InChI=1S/C13H26N4O3S/c1-10(9-20-4)8-15-21(18,19)13-11(2)16-17(12(13)3)7-5-6-14/h10,15H,5-9,14H2,1-4H3. The summed E-state index contributed by atoms with van der Waals surface area (Å²) >= 11 is 0. The molecule has 1 aromatic rings. The van der Waals surface area contributed by atoms with Crippen LogP contribution in [0.5, 0.6) is 0 Å². The molecule has 0 aromatic carbocycles. The topological polar surface area (TPSA) is 99.2 Å². The Kier molecular flexibility index (Phi) is 6.79. The maximum Gasteiger partial charge on any atom is 0.244 e. The summed E-state index contributed by atoms with van der Waals surface area (Å²) in [7, 11) is -1.96. The number of nitrogens with one attached hydrogen (secondary N) is 1. The summed E-state index contributed by atoms with van der Waals surface area (Å²) < 4.78 is 34.2. The summed E-state index contributed by atoms with van der Waals surface area (Å²) in [6.45, 7) is 7.42. The molecule has 0 aliphatic heterocycles. The molecule has 0 radical (unpaired) electrons. The zero-order valence-corrected chi connectivity index (χ0v) is 14.0. The molecule has 0 spiro atoms. The summed E-state index contributed by atoms with van der Waals surface area (Å²) in [4.78, 5) is 0.268. The first-order chi connectivity index (χ1) is 9.83. The molecule has 122 valence electrons. The molecule has 0 fully saturated rings. The van der Waals surface area contributed by atoms with Crippen LogP contribution in [0.4, 0.5) is 0 Å². The van der Waals surface area contributed by atoms with Gasteiger partial charge in [-0.1, -0.05) is 6.92 Å². The van der Waals surface area contributed by atoms with Gasteiger partial charge in [0.25, 0.3) is 0 Å². The zero-order chi connectivity index (χ0) is 16.0. The highest BCUT2D eigenvalue weighted by Gasteiger charge is 2.24. The molecule has 1 unspecified atom stereocenters. The summed E-state index contributed by atoms with van der Waals surface area (Å²) in [5, 5.41) is 4.29. The molecule has 0 amide bonds. The molecule has 8 heteroatoms. The molecule has 21 heavy (non-hydrogen) atoms. The number of aryl methyl sites for hydroxylation is 2. The molecule has 0 aliphatic carbocycles. The molecule has 1 heterocycles. The Morgan fingerprint density at radius 3 is 2.67 bits per heavy atom. The highest BCUT2D eigenvalue weighted by atomic mass is 32.2. The van der Waals surface area contributed by atoms with E-state index in [4.69, 9.17) is 10.5 Å². The lowest BCUT2D eigenvalue weighted by atomic mass is 10.2. The summed E-state index contributed by atoms with van der Waals surface area (Å²) in [5.74, 6) is 0.109. The number of methoxy groups -OCH3 is 1. The van der Waals surface area contributed by atoms with Crippen LogP contribution in [-0.4, -0.2) is 45.0 Å². The molecule has 0 saturated heterocycles. The second kappa shape index (κ2) is 7.88. The largest absolute Gasteiger partial charge is 0.384 e. The first-order valence-electron chi connectivity index (χ1n) is 7.06. The predicted molar refractivity (Wildman–Crippen MR) is 81.6 cm³/mol. The fraction of sp³-hybridized carbons (Fsp3) is 0.769. The first-order valence-corrected chi connectivity index (χ1v) is 8.54. The number of nitrogens with zero attached hydrogens (tertiary/aromatic N) is 2. The van der Waals surface area contributed by atoms with Gasteiger partial charge in [0.2, 0.25) is 10.0 Å². The quantitative estimate of drug-likeness (QED) is 0.687. The Balaban J connectivity index is 2.90. The van der Waals surface area contributed by atoms with E-state index < -0.39 is 10.0 Å². The fourth-order valence-corrected chi connectivity index (χ4v) is 3.77. The lowest BCUT2D eigenvalue weighted by Crippen LogP contribution is -2.30. The molecule has 0 saturated carbocycles. The highest BCUT2D eigenvalue weighted by Crippen LogP contribution is 2.19. The number of rotatable bonds is 9. The Morgan fingerprint density at radius 2 is 2.10 bits per heavy atom. The summed E-state index contributed by atoms with van der Waals surface area (Å²) in [6, 6.07) is 0. The lowest BCUT2D eigenvalue weighted by Gasteiger charge is -2.12. The Labute approximate surface area is 126 Å². The Hall–Kier alpha value is -0.960. The van der Waals surface area contributed by atoms with Gasteiger partial charge in [-0.2, -0.15) is 5.10 Å². The average Bonchev–Trinajstić information content (AvgIpc) is 2.70. The fourth-order valence-electron chi connectivity index (χ4n) is 2.20. The van der Waals surface area contributed by atoms with Crippen LogP contribution in [0.1, 0.15) is 24.7 Å². The Bertz CT molecular complexity index is 554. The van der Waals surface area contributed by atoms with Crippen LogP contribution in [0.2, 0.25) is 0 Å². The SMILES string of the molecule is COCC(C)CNS(=O)(=O)c1c(C)nn(CCCN)c1C. The minimum absolute atomic E-state index is 0.109. The lowest BCUT2D eigenvalue weighted by molar-refractivity contribution is 0.161. The molecular formula is C13H26N4O3S. The minimum atomic E-state index is -3.56. The van der Waals surface area contributed by atoms with Crippen LogP contribution in [0.25, 0.3) is 0 Å². The molecular weight excluding hydrogens is 292 g/mol.